The van der Waals surface area contributed by atoms with Crippen LogP contribution >= 0.6 is 39.0 Å². The molecule has 0 atom stereocenters. The second kappa shape index (κ2) is 8.93. The van der Waals surface area contributed by atoms with E-state index in [2.05, 4.69) is 59.4 Å². The van der Waals surface area contributed by atoms with E-state index >= 15 is 0 Å². The molecule has 2 nitrogen and oxygen atoms in total. The largest absolute Gasteiger partial charge is 0.312 e. The summed E-state index contributed by atoms with van der Waals surface area (Å²) in [5.41, 5.74) is 1.26. The second-order valence-corrected chi connectivity index (χ2v) is 7.88. The van der Waals surface area contributed by atoms with Crippen LogP contribution in [0.1, 0.15) is 35.8 Å². The topological polar surface area (TPSA) is 24.9 Å². The van der Waals surface area contributed by atoms with Gasteiger partial charge in [0, 0.05) is 20.8 Å². The predicted molar refractivity (Wildman–Crippen MR) is 97.2 cm³/mol. The van der Waals surface area contributed by atoms with Gasteiger partial charge in [-0.2, -0.15) is 0 Å². The van der Waals surface area contributed by atoms with Crippen molar-refractivity contribution in [3.05, 3.63) is 44.3 Å². The summed E-state index contributed by atoms with van der Waals surface area (Å²) in [6, 6.07) is 8.46. The highest BCUT2D eigenvalue weighted by atomic mass is 79.9. The van der Waals surface area contributed by atoms with Crippen LogP contribution < -0.4 is 5.32 Å². The van der Waals surface area contributed by atoms with Gasteiger partial charge in [-0.3, -0.25) is 0 Å². The number of hydrogen-bond acceptors (Lipinski definition) is 4. The van der Waals surface area contributed by atoms with Crippen LogP contribution in [-0.4, -0.2) is 11.5 Å². The van der Waals surface area contributed by atoms with E-state index in [1.165, 1.54) is 26.9 Å². The molecule has 0 spiro atoms. The lowest BCUT2D eigenvalue weighted by atomic mass is 10.3. The first-order valence-electron chi connectivity index (χ1n) is 7.29. The van der Waals surface area contributed by atoms with Gasteiger partial charge < -0.3 is 5.32 Å². The zero-order chi connectivity index (χ0) is 15.1. The van der Waals surface area contributed by atoms with Gasteiger partial charge in [0.15, 0.2) is 0 Å². The van der Waals surface area contributed by atoms with Crippen LogP contribution in [0.3, 0.4) is 0 Å². The van der Waals surface area contributed by atoms with Crippen LogP contribution in [0.4, 0.5) is 0 Å². The van der Waals surface area contributed by atoms with Crippen LogP contribution in [0.5, 0.6) is 0 Å². The lowest BCUT2D eigenvalue weighted by Gasteiger charge is -2.01. The van der Waals surface area contributed by atoms with Crippen LogP contribution in [-0.2, 0) is 18.7 Å². The molecule has 114 valence electrons. The van der Waals surface area contributed by atoms with Gasteiger partial charge in [0.25, 0.3) is 0 Å². The third-order valence-electron chi connectivity index (χ3n) is 3.05. The number of halogens is 1. The van der Waals surface area contributed by atoms with Crippen molar-refractivity contribution in [1.82, 2.24) is 10.3 Å². The van der Waals surface area contributed by atoms with E-state index in [9.17, 15) is 0 Å². The Bertz CT molecular complexity index is 552. The highest BCUT2D eigenvalue weighted by Crippen LogP contribution is 2.28. The number of aromatic nitrogens is 1. The summed E-state index contributed by atoms with van der Waals surface area (Å²) < 4.78 is 1.12. The molecule has 1 aromatic heterocycles. The summed E-state index contributed by atoms with van der Waals surface area (Å²) in [6.07, 6.45) is 2.19. The van der Waals surface area contributed by atoms with E-state index in [1.807, 2.05) is 23.1 Å². The van der Waals surface area contributed by atoms with E-state index < -0.39 is 0 Å². The quantitative estimate of drug-likeness (QED) is 0.496. The maximum Gasteiger partial charge on any atom is 0.103 e. The van der Waals surface area contributed by atoms with Gasteiger partial charge >= 0.3 is 0 Å². The Hall–Kier alpha value is -0.360. The monoisotopic (exact) mass is 384 g/mol. The van der Waals surface area contributed by atoms with Gasteiger partial charge in [0.05, 0.1) is 11.4 Å². The molecule has 0 saturated heterocycles. The Kier molecular flexibility index (Phi) is 7.23. The molecule has 1 aromatic carbocycles. The highest BCUT2D eigenvalue weighted by Gasteiger charge is 2.09. The normalized spacial score (nSPS) is 11.0. The van der Waals surface area contributed by atoms with Gasteiger partial charge in [-0.25, -0.2) is 4.98 Å². The predicted octanol–water partition coefficient (Wildman–Crippen LogP) is 5.26. The molecular weight excluding hydrogens is 364 g/mol. The van der Waals surface area contributed by atoms with Crippen LogP contribution in [0, 0.1) is 0 Å². The Balaban J connectivity index is 1.95. The summed E-state index contributed by atoms with van der Waals surface area (Å²) >= 11 is 7.17. The van der Waals surface area contributed by atoms with E-state index in [4.69, 9.17) is 4.98 Å². The second-order valence-electron chi connectivity index (χ2n) is 4.75. The molecule has 0 radical (unpaired) electrons. The van der Waals surface area contributed by atoms with E-state index in [0.717, 1.165) is 29.7 Å². The first-order valence-corrected chi connectivity index (χ1v) is 9.89. The molecule has 2 aromatic rings. The average Bonchev–Trinajstić information content (AvgIpc) is 2.89. The smallest absolute Gasteiger partial charge is 0.103 e. The fourth-order valence-corrected chi connectivity index (χ4v) is 4.25. The van der Waals surface area contributed by atoms with Crippen molar-refractivity contribution in [3.8, 4) is 0 Å². The minimum absolute atomic E-state index is 0.951. The lowest BCUT2D eigenvalue weighted by Crippen LogP contribution is -2.13. The van der Waals surface area contributed by atoms with Crippen molar-refractivity contribution >= 4 is 39.0 Å². The summed E-state index contributed by atoms with van der Waals surface area (Å²) in [5, 5.41) is 4.71. The van der Waals surface area contributed by atoms with Gasteiger partial charge in [0.1, 0.15) is 5.01 Å². The molecule has 5 heteroatoms. The van der Waals surface area contributed by atoms with Crippen LogP contribution in [0.2, 0.25) is 0 Å². The summed E-state index contributed by atoms with van der Waals surface area (Å²) in [6.45, 7) is 6.41. The Morgan fingerprint density at radius 2 is 2.00 bits per heavy atom. The molecule has 0 unspecified atom stereocenters. The molecule has 0 aliphatic carbocycles. The van der Waals surface area contributed by atoms with Gasteiger partial charge in [0.2, 0.25) is 0 Å². The van der Waals surface area contributed by atoms with Gasteiger partial charge in [-0.15, -0.1) is 23.1 Å². The van der Waals surface area contributed by atoms with Crippen molar-refractivity contribution in [1.29, 1.82) is 0 Å². The molecule has 0 aliphatic heterocycles. The minimum Gasteiger partial charge on any atom is -0.312 e. The average molecular weight is 385 g/mol. The zero-order valence-corrected chi connectivity index (χ0v) is 15.7. The number of nitrogens with one attached hydrogen (secondary N) is 1. The van der Waals surface area contributed by atoms with E-state index in [0.29, 0.717) is 0 Å². The number of rotatable bonds is 8. The van der Waals surface area contributed by atoms with Gasteiger partial charge in [-0.05, 0) is 43.7 Å². The summed E-state index contributed by atoms with van der Waals surface area (Å²) in [7, 11) is 0. The number of hydrogen-bond donors (Lipinski definition) is 1. The molecule has 1 heterocycles. The standard InChI is InChI=1S/C16H21BrN2S2/c1-3-9-18-10-15-14(4-2)19-16(21-15)11-20-13-7-5-12(17)6-8-13/h5-8,18H,3-4,9-11H2,1-2H3. The van der Waals surface area contributed by atoms with Crippen molar-refractivity contribution < 1.29 is 0 Å². The maximum atomic E-state index is 4.79. The van der Waals surface area contributed by atoms with Crippen LogP contribution in [0.15, 0.2) is 33.6 Å². The summed E-state index contributed by atoms with van der Waals surface area (Å²) in [4.78, 5) is 7.48. The lowest BCUT2D eigenvalue weighted by molar-refractivity contribution is 0.676. The number of nitrogens with zero attached hydrogens (tertiary/aromatic N) is 1. The van der Waals surface area contributed by atoms with Crippen molar-refractivity contribution in [2.24, 2.45) is 0 Å². The minimum atomic E-state index is 0.951. The first-order chi connectivity index (χ1) is 10.2. The highest BCUT2D eigenvalue weighted by molar-refractivity contribution is 9.10. The Morgan fingerprint density at radius 1 is 1.24 bits per heavy atom. The van der Waals surface area contributed by atoms with E-state index in [1.54, 1.807) is 0 Å². The molecule has 21 heavy (non-hydrogen) atoms. The van der Waals surface area contributed by atoms with Crippen LogP contribution in [0.25, 0.3) is 0 Å². The molecule has 0 amide bonds. The molecule has 0 aliphatic rings. The molecular formula is C16H21BrN2S2. The third kappa shape index (κ3) is 5.40. The molecule has 0 bridgehead atoms. The molecule has 1 N–H and O–H groups in total. The van der Waals surface area contributed by atoms with Crippen molar-refractivity contribution in [2.75, 3.05) is 6.54 Å². The first kappa shape index (κ1) is 17.0. The van der Waals surface area contributed by atoms with E-state index in [-0.39, 0.29) is 0 Å². The number of aryl methyl sites for hydroxylation is 1. The third-order valence-corrected chi connectivity index (χ3v) is 5.88. The molecule has 2 rings (SSSR count). The zero-order valence-electron chi connectivity index (χ0n) is 12.5. The Labute approximate surface area is 143 Å². The Morgan fingerprint density at radius 3 is 2.67 bits per heavy atom. The molecule has 0 saturated carbocycles. The van der Waals surface area contributed by atoms with Gasteiger partial charge in [-0.1, -0.05) is 29.8 Å². The number of benzene rings is 1. The summed E-state index contributed by atoms with van der Waals surface area (Å²) in [5.74, 6) is 0.951. The fraction of sp³-hybridized carbons (Fsp3) is 0.438. The molecule has 0 fully saturated rings. The van der Waals surface area contributed by atoms with Crippen molar-refractivity contribution in [3.63, 3.8) is 0 Å². The SMILES string of the molecule is CCCNCc1sc(CSc2ccc(Br)cc2)nc1CC. The van der Waals surface area contributed by atoms with Crippen molar-refractivity contribution in [2.45, 2.75) is 43.9 Å². The maximum absolute atomic E-state index is 4.79. The fourth-order valence-electron chi connectivity index (χ4n) is 1.97. The number of thiazole rings is 1. The number of thioether (sulfide) groups is 1.